The lowest BCUT2D eigenvalue weighted by Crippen LogP contribution is -1.96. The van der Waals surface area contributed by atoms with Crippen LogP contribution in [0.1, 0.15) is 6.99 Å². The highest BCUT2D eigenvalue weighted by Crippen LogP contribution is 2.07. The van der Waals surface area contributed by atoms with Gasteiger partial charge in [-0.3, -0.25) is 0 Å². The van der Waals surface area contributed by atoms with Crippen LogP contribution in [0.3, 0.4) is 0 Å². The molecule has 72 valence electrons. The second kappa shape index (κ2) is 4.78. The van der Waals surface area contributed by atoms with Crippen LogP contribution in [0.25, 0.3) is 5.70 Å². The van der Waals surface area contributed by atoms with Crippen LogP contribution >= 0.6 is 0 Å². The van der Waals surface area contributed by atoms with Gasteiger partial charge in [-0.1, -0.05) is 36.3 Å². The molecule has 2 nitrogen and oxygen atoms in total. The van der Waals surface area contributed by atoms with Gasteiger partial charge in [0.2, 0.25) is 0 Å². The summed E-state index contributed by atoms with van der Waals surface area (Å²) < 4.78 is 0. The van der Waals surface area contributed by atoms with E-state index in [4.69, 9.17) is 17.9 Å². The number of rotatable bonds is 2. The molecule has 1 aromatic carbocycles. The first-order chi connectivity index (χ1) is 6.74. The molecule has 0 radical (unpaired) electrons. The van der Waals surface area contributed by atoms with Crippen LogP contribution in [0.2, 0.25) is 0 Å². The van der Waals surface area contributed by atoms with E-state index in [0.29, 0.717) is 11.4 Å². The average Bonchev–Trinajstić information content (AvgIpc) is 2.26. The SMILES string of the molecule is C#C/C(N)=C/C=C(\N)c1ccccc1.[HH]. The van der Waals surface area contributed by atoms with E-state index in [9.17, 15) is 0 Å². The summed E-state index contributed by atoms with van der Waals surface area (Å²) >= 11 is 0. The first kappa shape index (κ1) is 9.94. The summed E-state index contributed by atoms with van der Waals surface area (Å²) in [5, 5.41) is 0. The molecule has 2 heteroatoms. The van der Waals surface area contributed by atoms with E-state index in [1.807, 2.05) is 30.3 Å². The molecule has 4 N–H and O–H groups in total. The van der Waals surface area contributed by atoms with Crippen molar-refractivity contribution in [2.24, 2.45) is 11.5 Å². The lowest BCUT2D eigenvalue weighted by molar-refractivity contribution is 1.45. The van der Waals surface area contributed by atoms with Gasteiger partial charge in [0, 0.05) is 7.12 Å². The Morgan fingerprint density at radius 3 is 2.43 bits per heavy atom. The molecule has 1 rings (SSSR count). The Labute approximate surface area is 85.4 Å². The van der Waals surface area contributed by atoms with E-state index in [2.05, 4.69) is 5.92 Å². The third-order valence-electron chi connectivity index (χ3n) is 1.72. The van der Waals surface area contributed by atoms with E-state index >= 15 is 0 Å². The summed E-state index contributed by atoms with van der Waals surface area (Å²) in [5.41, 5.74) is 13.2. The van der Waals surface area contributed by atoms with Crippen molar-refractivity contribution in [3.8, 4) is 12.3 Å². The number of hydrogen-bond acceptors (Lipinski definition) is 2. The summed E-state index contributed by atoms with van der Waals surface area (Å²) in [4.78, 5) is 0. The molecule has 0 aromatic heterocycles. The van der Waals surface area contributed by atoms with Gasteiger partial charge in [-0.15, -0.1) is 6.42 Å². The zero-order valence-electron chi connectivity index (χ0n) is 7.77. The van der Waals surface area contributed by atoms with Crippen LogP contribution in [-0.4, -0.2) is 0 Å². The molecule has 0 heterocycles. The number of hydrogen-bond donors (Lipinski definition) is 2. The molecule has 0 amide bonds. The maximum atomic E-state index is 5.79. The number of nitrogens with two attached hydrogens (primary N) is 2. The zero-order valence-corrected chi connectivity index (χ0v) is 7.77. The second-order valence-corrected chi connectivity index (χ2v) is 2.75. The number of allylic oxidation sites excluding steroid dienone is 3. The van der Waals surface area contributed by atoms with Crippen molar-refractivity contribution >= 4 is 5.70 Å². The zero-order chi connectivity index (χ0) is 10.4. The third-order valence-corrected chi connectivity index (χ3v) is 1.72. The first-order valence-electron chi connectivity index (χ1n) is 4.19. The van der Waals surface area contributed by atoms with Crippen molar-refractivity contribution in [2.75, 3.05) is 0 Å². The Morgan fingerprint density at radius 1 is 1.21 bits per heavy atom. The molecule has 0 unspecified atom stereocenters. The van der Waals surface area contributed by atoms with Crippen molar-refractivity contribution in [2.45, 2.75) is 0 Å². The Bertz CT molecular complexity index is 399. The standard InChI is InChI=1S/C12H12N2.H2/c1-2-11(13)8-9-12(14)10-6-4-3-5-7-10;/h1,3-9H,13-14H2;1H/b11-8-,12-9-;. The fourth-order valence-corrected chi connectivity index (χ4v) is 0.954. The number of terminal acetylenes is 1. The molecule has 0 saturated heterocycles. The van der Waals surface area contributed by atoms with Gasteiger partial charge in [0.05, 0.1) is 5.70 Å². The van der Waals surface area contributed by atoms with Crippen LogP contribution in [0, 0.1) is 12.3 Å². The number of benzene rings is 1. The van der Waals surface area contributed by atoms with Gasteiger partial charge in [-0.05, 0) is 17.7 Å². The van der Waals surface area contributed by atoms with E-state index in [0.717, 1.165) is 5.56 Å². The van der Waals surface area contributed by atoms with E-state index in [1.165, 1.54) is 0 Å². The van der Waals surface area contributed by atoms with Gasteiger partial charge < -0.3 is 11.5 Å². The molecule has 0 aliphatic rings. The van der Waals surface area contributed by atoms with Gasteiger partial charge in [-0.2, -0.15) is 0 Å². The highest BCUT2D eigenvalue weighted by molar-refractivity contribution is 5.64. The minimum absolute atomic E-state index is 0. The molecule has 1 aromatic rings. The van der Waals surface area contributed by atoms with Crippen LogP contribution in [0.15, 0.2) is 48.2 Å². The van der Waals surface area contributed by atoms with Crippen molar-refractivity contribution in [3.63, 3.8) is 0 Å². The molecule has 0 aliphatic heterocycles. The van der Waals surface area contributed by atoms with Gasteiger partial charge in [0.1, 0.15) is 0 Å². The predicted molar refractivity (Wildman–Crippen MR) is 61.8 cm³/mol. The van der Waals surface area contributed by atoms with Crippen LogP contribution < -0.4 is 11.5 Å². The molecule has 14 heavy (non-hydrogen) atoms. The van der Waals surface area contributed by atoms with E-state index < -0.39 is 0 Å². The maximum Gasteiger partial charge on any atom is 0.0825 e. The predicted octanol–water partition coefficient (Wildman–Crippen LogP) is 1.71. The monoisotopic (exact) mass is 186 g/mol. The molecule has 0 saturated carbocycles. The summed E-state index contributed by atoms with van der Waals surface area (Å²) in [6.07, 6.45) is 8.40. The van der Waals surface area contributed by atoms with Gasteiger partial charge in [0.15, 0.2) is 0 Å². The summed E-state index contributed by atoms with van der Waals surface area (Å²) in [5.74, 6) is 2.31. The van der Waals surface area contributed by atoms with E-state index in [1.54, 1.807) is 12.2 Å². The molecular weight excluding hydrogens is 172 g/mol. The minimum Gasteiger partial charge on any atom is -0.398 e. The van der Waals surface area contributed by atoms with Gasteiger partial charge >= 0.3 is 0 Å². The smallest absolute Gasteiger partial charge is 0.0825 e. The van der Waals surface area contributed by atoms with Crippen LogP contribution in [0.5, 0.6) is 0 Å². The normalized spacial score (nSPS) is 12.2. The Balaban J connectivity index is 0.00000196. The maximum absolute atomic E-state index is 5.79. The van der Waals surface area contributed by atoms with E-state index in [-0.39, 0.29) is 1.43 Å². The molecule has 0 spiro atoms. The fraction of sp³-hybridized carbons (Fsp3) is 0. The Kier molecular flexibility index (Phi) is 3.40. The lowest BCUT2D eigenvalue weighted by Gasteiger charge is -1.98. The topological polar surface area (TPSA) is 52.0 Å². The van der Waals surface area contributed by atoms with Crippen LogP contribution in [-0.2, 0) is 0 Å². The Hall–Kier alpha value is -2.14. The lowest BCUT2D eigenvalue weighted by atomic mass is 10.1. The van der Waals surface area contributed by atoms with Crippen LogP contribution in [0.4, 0.5) is 0 Å². The van der Waals surface area contributed by atoms with Gasteiger partial charge in [0.25, 0.3) is 0 Å². The summed E-state index contributed by atoms with van der Waals surface area (Å²) in [6.45, 7) is 0. The molecule has 0 aliphatic carbocycles. The Morgan fingerprint density at radius 2 is 1.86 bits per heavy atom. The van der Waals surface area contributed by atoms with Gasteiger partial charge in [-0.25, -0.2) is 0 Å². The minimum atomic E-state index is 0. The fourth-order valence-electron chi connectivity index (χ4n) is 0.954. The third kappa shape index (κ3) is 2.72. The van der Waals surface area contributed by atoms with Crippen molar-refractivity contribution < 1.29 is 1.43 Å². The van der Waals surface area contributed by atoms with Crippen molar-refractivity contribution in [1.82, 2.24) is 0 Å². The largest absolute Gasteiger partial charge is 0.398 e. The highest BCUT2D eigenvalue weighted by atomic mass is 14.6. The molecule has 0 fully saturated rings. The summed E-state index contributed by atoms with van der Waals surface area (Å²) in [7, 11) is 0. The first-order valence-corrected chi connectivity index (χ1v) is 4.19. The quantitative estimate of drug-likeness (QED) is 0.545. The molecular formula is C12H14N2. The highest BCUT2D eigenvalue weighted by Gasteiger charge is 1.91. The molecule has 0 atom stereocenters. The molecule has 0 bridgehead atoms. The average molecular weight is 186 g/mol. The second-order valence-electron chi connectivity index (χ2n) is 2.75. The summed E-state index contributed by atoms with van der Waals surface area (Å²) in [6, 6.07) is 9.62. The van der Waals surface area contributed by atoms with Crippen molar-refractivity contribution in [3.05, 3.63) is 53.7 Å². The van der Waals surface area contributed by atoms with Crippen molar-refractivity contribution in [1.29, 1.82) is 0 Å².